The molecule has 0 aliphatic rings. The zero-order valence-corrected chi connectivity index (χ0v) is 12.8. The van der Waals surface area contributed by atoms with Crippen LogP contribution in [0.5, 0.6) is 0 Å². The van der Waals surface area contributed by atoms with Gasteiger partial charge in [0, 0.05) is 19.0 Å². The number of fused-ring (bicyclic) bond motifs is 1. The van der Waals surface area contributed by atoms with Crippen molar-refractivity contribution < 1.29 is 5.11 Å². The zero-order valence-electron chi connectivity index (χ0n) is 12.0. The topological polar surface area (TPSA) is 38.0 Å². The fourth-order valence-corrected chi connectivity index (χ4v) is 3.00. The molecule has 4 heteroatoms. The van der Waals surface area contributed by atoms with E-state index < -0.39 is 6.10 Å². The minimum absolute atomic E-state index is 0.465. The summed E-state index contributed by atoms with van der Waals surface area (Å²) in [5.74, 6) is 0. The quantitative estimate of drug-likeness (QED) is 0.798. The average Bonchev–Trinajstić information content (AvgIpc) is 2.73. The number of rotatable bonds is 3. The van der Waals surface area contributed by atoms with E-state index in [0.29, 0.717) is 11.6 Å². The van der Waals surface area contributed by atoms with Gasteiger partial charge in [-0.2, -0.15) is 5.10 Å². The van der Waals surface area contributed by atoms with E-state index in [2.05, 4.69) is 5.10 Å². The molecule has 0 fully saturated rings. The van der Waals surface area contributed by atoms with Crippen molar-refractivity contribution in [1.82, 2.24) is 9.78 Å². The van der Waals surface area contributed by atoms with Crippen LogP contribution in [0, 0.1) is 6.92 Å². The van der Waals surface area contributed by atoms with Crippen LogP contribution >= 0.6 is 11.6 Å². The molecule has 0 spiro atoms. The lowest BCUT2D eigenvalue weighted by Crippen LogP contribution is -2.03. The van der Waals surface area contributed by atoms with Crippen molar-refractivity contribution in [2.24, 2.45) is 7.05 Å². The zero-order chi connectivity index (χ0) is 15.0. The fraction of sp³-hybridized carbons (Fsp3) is 0.235. The molecule has 2 aromatic carbocycles. The van der Waals surface area contributed by atoms with Gasteiger partial charge in [-0.3, -0.25) is 4.68 Å². The van der Waals surface area contributed by atoms with Crippen molar-refractivity contribution in [3.8, 4) is 0 Å². The Bertz CT molecular complexity index is 789. The maximum absolute atomic E-state index is 10.6. The molecule has 3 aromatic rings. The highest BCUT2D eigenvalue weighted by Gasteiger charge is 2.18. The first-order valence-electron chi connectivity index (χ1n) is 6.91. The molecule has 3 rings (SSSR count). The molecule has 0 aliphatic carbocycles. The normalized spacial score (nSPS) is 12.8. The highest BCUT2D eigenvalue weighted by atomic mass is 35.5. The summed E-state index contributed by atoms with van der Waals surface area (Å²) in [6.45, 7) is 1.91. The number of aryl methyl sites for hydroxylation is 2. The Balaban J connectivity index is 1.99. The SMILES string of the molecule is Cc1nn(C)c(Cl)c1CC(O)c1cccc2ccccc12. The van der Waals surface area contributed by atoms with Crippen LogP contribution in [-0.4, -0.2) is 14.9 Å². The monoisotopic (exact) mass is 300 g/mol. The molecule has 0 amide bonds. The lowest BCUT2D eigenvalue weighted by molar-refractivity contribution is 0.180. The van der Waals surface area contributed by atoms with Crippen LogP contribution < -0.4 is 0 Å². The molecule has 1 atom stereocenters. The van der Waals surface area contributed by atoms with Crippen LogP contribution in [0.3, 0.4) is 0 Å². The van der Waals surface area contributed by atoms with Crippen LogP contribution in [0.2, 0.25) is 5.15 Å². The number of halogens is 1. The molecule has 0 saturated carbocycles. The molecule has 0 saturated heterocycles. The molecule has 1 heterocycles. The Hall–Kier alpha value is -1.84. The molecule has 1 aromatic heterocycles. The van der Waals surface area contributed by atoms with Gasteiger partial charge in [0.2, 0.25) is 0 Å². The second kappa shape index (κ2) is 5.51. The summed E-state index contributed by atoms with van der Waals surface area (Å²) < 4.78 is 1.64. The second-order valence-corrected chi connectivity index (χ2v) is 5.62. The fourth-order valence-electron chi connectivity index (χ4n) is 2.75. The van der Waals surface area contributed by atoms with Gasteiger partial charge in [-0.25, -0.2) is 0 Å². The van der Waals surface area contributed by atoms with Gasteiger partial charge < -0.3 is 5.11 Å². The number of benzene rings is 2. The Morgan fingerprint density at radius 3 is 2.62 bits per heavy atom. The maximum atomic E-state index is 10.6. The van der Waals surface area contributed by atoms with E-state index in [9.17, 15) is 5.11 Å². The molecule has 0 bridgehead atoms. The van der Waals surface area contributed by atoms with Gasteiger partial charge in [-0.15, -0.1) is 0 Å². The predicted molar refractivity (Wildman–Crippen MR) is 85.6 cm³/mol. The van der Waals surface area contributed by atoms with E-state index in [-0.39, 0.29) is 0 Å². The van der Waals surface area contributed by atoms with E-state index in [0.717, 1.165) is 27.6 Å². The first-order chi connectivity index (χ1) is 10.1. The van der Waals surface area contributed by atoms with Crippen molar-refractivity contribution in [3.63, 3.8) is 0 Å². The summed E-state index contributed by atoms with van der Waals surface area (Å²) in [6, 6.07) is 14.1. The Kier molecular flexibility index (Phi) is 3.70. The van der Waals surface area contributed by atoms with E-state index in [1.54, 1.807) is 4.68 Å². The van der Waals surface area contributed by atoms with Gasteiger partial charge in [0.05, 0.1) is 11.8 Å². The number of aromatic nitrogens is 2. The third-order valence-corrected chi connectivity index (χ3v) is 4.32. The Morgan fingerprint density at radius 1 is 1.19 bits per heavy atom. The summed E-state index contributed by atoms with van der Waals surface area (Å²) in [6.07, 6.45) is -0.136. The van der Waals surface area contributed by atoms with Gasteiger partial charge >= 0.3 is 0 Å². The number of aliphatic hydroxyl groups excluding tert-OH is 1. The van der Waals surface area contributed by atoms with Crippen molar-refractivity contribution >= 4 is 22.4 Å². The third-order valence-electron chi connectivity index (χ3n) is 3.85. The predicted octanol–water partition coefficient (Wildman–Crippen LogP) is 3.81. The van der Waals surface area contributed by atoms with Gasteiger partial charge in [0.25, 0.3) is 0 Å². The average molecular weight is 301 g/mol. The number of hydrogen-bond acceptors (Lipinski definition) is 2. The van der Waals surface area contributed by atoms with E-state index >= 15 is 0 Å². The van der Waals surface area contributed by atoms with Gasteiger partial charge in [0.1, 0.15) is 5.15 Å². The van der Waals surface area contributed by atoms with Crippen molar-refractivity contribution in [3.05, 3.63) is 64.4 Å². The second-order valence-electron chi connectivity index (χ2n) is 5.27. The minimum atomic E-state index is -0.600. The highest BCUT2D eigenvalue weighted by Crippen LogP contribution is 2.29. The van der Waals surface area contributed by atoms with Gasteiger partial charge in [-0.1, -0.05) is 54.1 Å². The first-order valence-corrected chi connectivity index (χ1v) is 7.29. The maximum Gasteiger partial charge on any atom is 0.130 e. The largest absolute Gasteiger partial charge is 0.388 e. The standard InChI is InChI=1S/C17H17ClN2O/c1-11-15(17(18)20(2)19-11)10-16(21)14-9-5-7-12-6-3-4-8-13(12)14/h3-9,16,21H,10H2,1-2H3. The molecule has 0 aliphatic heterocycles. The van der Waals surface area contributed by atoms with Crippen molar-refractivity contribution in [1.29, 1.82) is 0 Å². The van der Waals surface area contributed by atoms with E-state index in [1.165, 1.54) is 0 Å². The number of aliphatic hydroxyl groups is 1. The molecular weight excluding hydrogens is 284 g/mol. The Labute approximate surface area is 128 Å². The van der Waals surface area contributed by atoms with Crippen LogP contribution in [0.1, 0.15) is 22.9 Å². The van der Waals surface area contributed by atoms with Crippen LogP contribution in [-0.2, 0) is 13.5 Å². The van der Waals surface area contributed by atoms with Crippen molar-refractivity contribution in [2.45, 2.75) is 19.4 Å². The third kappa shape index (κ3) is 2.55. The molecular formula is C17H17ClN2O. The molecule has 108 valence electrons. The molecule has 21 heavy (non-hydrogen) atoms. The van der Waals surface area contributed by atoms with E-state index in [1.807, 2.05) is 56.4 Å². The van der Waals surface area contributed by atoms with E-state index in [4.69, 9.17) is 11.6 Å². The summed E-state index contributed by atoms with van der Waals surface area (Å²) >= 11 is 6.25. The van der Waals surface area contributed by atoms with Gasteiger partial charge in [0.15, 0.2) is 0 Å². The lowest BCUT2D eigenvalue weighted by atomic mass is 9.96. The minimum Gasteiger partial charge on any atom is -0.388 e. The molecule has 0 radical (unpaired) electrons. The smallest absolute Gasteiger partial charge is 0.130 e. The molecule has 1 N–H and O–H groups in total. The van der Waals surface area contributed by atoms with Crippen LogP contribution in [0.4, 0.5) is 0 Å². The van der Waals surface area contributed by atoms with Gasteiger partial charge in [-0.05, 0) is 23.3 Å². The molecule has 1 unspecified atom stereocenters. The first kappa shape index (κ1) is 14.1. The summed E-state index contributed by atoms with van der Waals surface area (Å²) in [7, 11) is 1.81. The number of nitrogens with zero attached hydrogens (tertiary/aromatic N) is 2. The van der Waals surface area contributed by atoms with Crippen LogP contribution in [0.25, 0.3) is 10.8 Å². The Morgan fingerprint density at radius 2 is 1.90 bits per heavy atom. The highest BCUT2D eigenvalue weighted by molar-refractivity contribution is 6.30. The van der Waals surface area contributed by atoms with Crippen molar-refractivity contribution in [2.75, 3.05) is 0 Å². The summed E-state index contributed by atoms with van der Waals surface area (Å²) in [5.41, 5.74) is 2.69. The number of hydrogen-bond donors (Lipinski definition) is 1. The summed E-state index contributed by atoms with van der Waals surface area (Å²) in [4.78, 5) is 0. The molecule has 3 nitrogen and oxygen atoms in total. The lowest BCUT2D eigenvalue weighted by Gasteiger charge is -2.14. The van der Waals surface area contributed by atoms with Crippen LogP contribution in [0.15, 0.2) is 42.5 Å². The summed E-state index contributed by atoms with van der Waals surface area (Å²) in [5, 5.41) is 17.7.